The Kier molecular flexibility index (Phi) is 2.15. The molecule has 1 saturated carbocycles. The number of hydrogen-bond donors (Lipinski definition) is 1. The Labute approximate surface area is 96.3 Å². The van der Waals surface area contributed by atoms with Gasteiger partial charge in [-0.25, -0.2) is 0 Å². The molecule has 1 aromatic carbocycles. The predicted molar refractivity (Wildman–Crippen MR) is 61.6 cm³/mol. The van der Waals surface area contributed by atoms with Crippen LogP contribution in [0.2, 0.25) is 0 Å². The van der Waals surface area contributed by atoms with Crippen molar-refractivity contribution in [1.29, 1.82) is 0 Å². The van der Waals surface area contributed by atoms with Gasteiger partial charge in [-0.2, -0.15) is 0 Å². The van der Waals surface area contributed by atoms with Crippen LogP contribution in [-0.2, 0) is 15.0 Å². The molecule has 1 saturated heterocycles. The summed E-state index contributed by atoms with van der Waals surface area (Å²) in [6, 6.07) is 7.73. The SMILES string of the molecule is [B]c1ccc(C2(N)CC3(C2)OCCO3)cc1. The molecule has 3 nitrogen and oxygen atoms in total. The Morgan fingerprint density at radius 3 is 2.19 bits per heavy atom. The van der Waals surface area contributed by atoms with Crippen LogP contribution >= 0.6 is 0 Å². The number of hydrogen-bond acceptors (Lipinski definition) is 3. The molecule has 2 fully saturated rings. The highest BCUT2D eigenvalue weighted by molar-refractivity contribution is 6.32. The van der Waals surface area contributed by atoms with E-state index < -0.39 is 5.79 Å². The Morgan fingerprint density at radius 1 is 1.06 bits per heavy atom. The lowest BCUT2D eigenvalue weighted by atomic mass is 9.67. The molecular formula is C12H14BNO2. The van der Waals surface area contributed by atoms with Gasteiger partial charge in [-0.3, -0.25) is 0 Å². The fourth-order valence-corrected chi connectivity index (χ4v) is 2.63. The molecule has 4 heteroatoms. The average molecular weight is 215 g/mol. The summed E-state index contributed by atoms with van der Waals surface area (Å²) in [4.78, 5) is 0. The third kappa shape index (κ3) is 1.49. The lowest BCUT2D eigenvalue weighted by molar-refractivity contribution is -0.239. The molecule has 1 spiro atoms. The van der Waals surface area contributed by atoms with Crippen molar-refractivity contribution < 1.29 is 9.47 Å². The highest BCUT2D eigenvalue weighted by Crippen LogP contribution is 2.50. The molecule has 2 aliphatic rings. The molecule has 1 heterocycles. The van der Waals surface area contributed by atoms with Gasteiger partial charge in [-0.1, -0.05) is 29.7 Å². The molecule has 1 aliphatic heterocycles. The van der Waals surface area contributed by atoms with Crippen molar-refractivity contribution >= 4 is 13.3 Å². The normalized spacial score (nSPS) is 25.6. The molecule has 2 radical (unpaired) electrons. The van der Waals surface area contributed by atoms with Gasteiger partial charge in [0.05, 0.1) is 18.8 Å². The summed E-state index contributed by atoms with van der Waals surface area (Å²) in [5.74, 6) is -0.407. The number of nitrogens with two attached hydrogens (primary N) is 1. The van der Waals surface area contributed by atoms with Crippen molar-refractivity contribution in [3.63, 3.8) is 0 Å². The Hall–Kier alpha value is -0.835. The van der Waals surface area contributed by atoms with Gasteiger partial charge in [-0.15, -0.1) is 0 Å². The van der Waals surface area contributed by atoms with E-state index in [0.717, 1.165) is 23.9 Å². The van der Waals surface area contributed by atoms with Crippen LogP contribution in [0.25, 0.3) is 0 Å². The van der Waals surface area contributed by atoms with E-state index in [1.807, 2.05) is 24.3 Å². The maximum atomic E-state index is 6.33. The Morgan fingerprint density at radius 2 is 1.62 bits per heavy atom. The van der Waals surface area contributed by atoms with E-state index in [0.29, 0.717) is 13.2 Å². The highest BCUT2D eigenvalue weighted by atomic mass is 16.7. The summed E-state index contributed by atoms with van der Waals surface area (Å²) in [7, 11) is 5.65. The van der Waals surface area contributed by atoms with Crippen molar-refractivity contribution in [2.24, 2.45) is 5.73 Å². The summed E-state index contributed by atoms with van der Waals surface area (Å²) < 4.78 is 11.2. The van der Waals surface area contributed by atoms with Crippen LogP contribution in [0.4, 0.5) is 0 Å². The Balaban J connectivity index is 1.79. The first-order chi connectivity index (χ1) is 7.62. The van der Waals surface area contributed by atoms with Gasteiger partial charge in [-0.05, 0) is 5.56 Å². The second-order valence-electron chi connectivity index (χ2n) is 4.74. The zero-order valence-corrected chi connectivity index (χ0v) is 9.11. The van der Waals surface area contributed by atoms with Gasteiger partial charge in [0, 0.05) is 12.8 Å². The second kappa shape index (κ2) is 3.33. The van der Waals surface area contributed by atoms with Crippen molar-refractivity contribution in [1.82, 2.24) is 0 Å². The molecule has 1 aromatic rings. The van der Waals surface area contributed by atoms with Crippen molar-refractivity contribution in [3.8, 4) is 0 Å². The molecule has 82 valence electrons. The minimum atomic E-state index is -0.407. The highest BCUT2D eigenvalue weighted by Gasteiger charge is 2.57. The van der Waals surface area contributed by atoms with E-state index in [1.165, 1.54) is 0 Å². The Bertz CT molecular complexity index is 390. The van der Waals surface area contributed by atoms with E-state index >= 15 is 0 Å². The molecule has 0 amide bonds. The van der Waals surface area contributed by atoms with Gasteiger partial charge in [0.2, 0.25) is 0 Å². The smallest absolute Gasteiger partial charge is 0.172 e. The zero-order valence-electron chi connectivity index (χ0n) is 9.11. The molecule has 16 heavy (non-hydrogen) atoms. The largest absolute Gasteiger partial charge is 0.347 e. The predicted octanol–water partition coefficient (Wildman–Crippen LogP) is 0.171. The number of benzene rings is 1. The van der Waals surface area contributed by atoms with Crippen molar-refractivity contribution in [2.45, 2.75) is 24.2 Å². The van der Waals surface area contributed by atoms with E-state index in [-0.39, 0.29) is 5.54 Å². The van der Waals surface area contributed by atoms with Crippen LogP contribution in [0.5, 0.6) is 0 Å². The monoisotopic (exact) mass is 215 g/mol. The first-order valence-corrected chi connectivity index (χ1v) is 5.55. The number of ether oxygens (including phenoxy) is 2. The second-order valence-corrected chi connectivity index (χ2v) is 4.74. The lowest BCUT2D eigenvalue weighted by Crippen LogP contribution is -2.60. The van der Waals surface area contributed by atoms with Gasteiger partial charge in [0.1, 0.15) is 7.85 Å². The zero-order chi connectivity index (χ0) is 11.2. The van der Waals surface area contributed by atoms with Crippen LogP contribution in [0, 0.1) is 0 Å². The maximum absolute atomic E-state index is 6.33. The third-order valence-electron chi connectivity index (χ3n) is 3.47. The van der Waals surface area contributed by atoms with Crippen LogP contribution < -0.4 is 11.2 Å². The summed E-state index contributed by atoms with van der Waals surface area (Å²) in [5.41, 5.74) is 7.87. The van der Waals surface area contributed by atoms with Crippen molar-refractivity contribution in [2.75, 3.05) is 13.2 Å². The van der Waals surface area contributed by atoms with Gasteiger partial charge < -0.3 is 15.2 Å². The van der Waals surface area contributed by atoms with E-state index in [1.54, 1.807) is 0 Å². The first-order valence-electron chi connectivity index (χ1n) is 5.55. The maximum Gasteiger partial charge on any atom is 0.172 e. The lowest BCUT2D eigenvalue weighted by Gasteiger charge is -2.50. The molecule has 0 aromatic heterocycles. The van der Waals surface area contributed by atoms with Gasteiger partial charge in [0.15, 0.2) is 5.79 Å². The van der Waals surface area contributed by atoms with Gasteiger partial charge in [0.25, 0.3) is 0 Å². The van der Waals surface area contributed by atoms with E-state index in [2.05, 4.69) is 0 Å². The fourth-order valence-electron chi connectivity index (χ4n) is 2.63. The fraction of sp³-hybridized carbons (Fsp3) is 0.500. The standard InChI is InChI=1S/C12H14BNO2/c13-10-3-1-9(2-4-10)11(14)7-12(8-11)15-5-6-16-12/h1-4H,5-8,14H2. The summed E-state index contributed by atoms with van der Waals surface area (Å²) in [6.45, 7) is 1.36. The molecule has 2 N–H and O–H groups in total. The van der Waals surface area contributed by atoms with Gasteiger partial charge >= 0.3 is 0 Å². The summed E-state index contributed by atoms with van der Waals surface area (Å²) in [5, 5.41) is 0. The summed E-state index contributed by atoms with van der Waals surface area (Å²) in [6.07, 6.45) is 1.45. The molecule has 0 atom stereocenters. The van der Waals surface area contributed by atoms with Crippen molar-refractivity contribution in [3.05, 3.63) is 29.8 Å². The third-order valence-corrected chi connectivity index (χ3v) is 3.47. The molecule has 3 rings (SSSR count). The first kappa shape index (κ1) is 10.3. The van der Waals surface area contributed by atoms with E-state index in [4.69, 9.17) is 23.1 Å². The molecular weight excluding hydrogens is 201 g/mol. The van der Waals surface area contributed by atoms with Crippen LogP contribution in [0.15, 0.2) is 24.3 Å². The quantitative estimate of drug-likeness (QED) is 0.679. The minimum Gasteiger partial charge on any atom is -0.347 e. The van der Waals surface area contributed by atoms with Crippen LogP contribution in [0.3, 0.4) is 0 Å². The average Bonchev–Trinajstić information content (AvgIpc) is 2.66. The van der Waals surface area contributed by atoms with Crippen LogP contribution in [0.1, 0.15) is 18.4 Å². The molecule has 1 aliphatic carbocycles. The number of rotatable bonds is 1. The van der Waals surface area contributed by atoms with E-state index in [9.17, 15) is 0 Å². The topological polar surface area (TPSA) is 44.5 Å². The summed E-state index contributed by atoms with van der Waals surface area (Å²) >= 11 is 0. The minimum absolute atomic E-state index is 0.321. The molecule has 0 unspecified atom stereocenters. The van der Waals surface area contributed by atoms with Crippen LogP contribution in [-0.4, -0.2) is 26.8 Å². The molecule has 0 bridgehead atoms.